The van der Waals surface area contributed by atoms with Crippen LogP contribution in [0.5, 0.6) is 0 Å². The van der Waals surface area contributed by atoms with Gasteiger partial charge in [-0.3, -0.25) is 9.59 Å². The van der Waals surface area contributed by atoms with Crippen molar-refractivity contribution < 1.29 is 35.8 Å². The summed E-state index contributed by atoms with van der Waals surface area (Å²) in [5, 5.41) is 21.3. The highest BCUT2D eigenvalue weighted by Gasteiger charge is 2.29. The molecule has 7 heteroatoms. The van der Waals surface area contributed by atoms with Crippen molar-refractivity contribution in [2.24, 2.45) is 0 Å². The maximum atomic E-state index is 14.0. The summed E-state index contributed by atoms with van der Waals surface area (Å²) in [7, 11) is 0. The van der Waals surface area contributed by atoms with Gasteiger partial charge in [0.05, 0.1) is 31.2 Å². The molecule has 0 amide bonds. The van der Waals surface area contributed by atoms with Gasteiger partial charge in [0.15, 0.2) is 5.78 Å². The Labute approximate surface area is 237 Å². The summed E-state index contributed by atoms with van der Waals surface area (Å²) in [6.07, 6.45) is -2.59. The molecule has 0 aliphatic rings. The fourth-order valence-electron chi connectivity index (χ4n) is 4.72. The lowest BCUT2D eigenvalue weighted by Crippen LogP contribution is -2.28. The molecule has 0 radical (unpaired) electrons. The zero-order chi connectivity index (χ0) is 33.3. The molecule has 3 aromatic rings. The van der Waals surface area contributed by atoms with E-state index in [4.69, 9.17) is 11.6 Å². The van der Waals surface area contributed by atoms with E-state index in [1.54, 1.807) is 25.3 Å². The number of aliphatic hydroxyl groups is 2. The van der Waals surface area contributed by atoms with Crippen LogP contribution in [0.3, 0.4) is 0 Å². The van der Waals surface area contributed by atoms with Crippen molar-refractivity contribution in [1.82, 2.24) is 4.57 Å². The predicted molar refractivity (Wildman–Crippen MR) is 151 cm³/mol. The Kier molecular flexibility index (Phi) is 7.69. The minimum Gasteiger partial charge on any atom is -0.460 e. The molecule has 3 rings (SSSR count). The van der Waals surface area contributed by atoms with Crippen molar-refractivity contribution in [1.29, 1.82) is 0 Å². The minimum atomic E-state index is -1.17. The SMILES string of the molecule is [2H]c1c([2H])c([2H])c(-c2c(C(C)=O)c(C(C)C)n(CC[C@@H](O)C[C@@H](O)CC(=O)OC(C)(C)C)c2-c2ccc(F)cc2)c([2H])c1[2H]. The third-order valence-corrected chi connectivity index (χ3v) is 6.12. The Morgan fingerprint density at radius 3 is 2.18 bits per heavy atom. The molecule has 2 N–H and O–H groups in total. The number of aliphatic hydroxyl groups excluding tert-OH is 2. The van der Waals surface area contributed by atoms with Crippen LogP contribution in [0, 0.1) is 5.82 Å². The average molecular weight is 543 g/mol. The van der Waals surface area contributed by atoms with Crippen molar-refractivity contribution in [3.05, 3.63) is 71.6 Å². The van der Waals surface area contributed by atoms with Crippen molar-refractivity contribution in [2.45, 2.75) is 91.1 Å². The Morgan fingerprint density at radius 2 is 1.64 bits per heavy atom. The molecule has 1 aromatic heterocycles. The fraction of sp³-hybridized carbons (Fsp3) is 0.438. The summed E-state index contributed by atoms with van der Waals surface area (Å²) < 4.78 is 63.0. The van der Waals surface area contributed by atoms with Crippen LogP contribution in [0.1, 0.15) is 89.6 Å². The molecule has 1 heterocycles. The Hall–Kier alpha value is -3.29. The van der Waals surface area contributed by atoms with E-state index < -0.39 is 65.6 Å². The molecule has 0 spiro atoms. The first kappa shape index (κ1) is 23.6. The van der Waals surface area contributed by atoms with Crippen LogP contribution in [0.4, 0.5) is 4.39 Å². The number of aromatic nitrogens is 1. The van der Waals surface area contributed by atoms with Gasteiger partial charge in [0, 0.05) is 23.4 Å². The van der Waals surface area contributed by atoms with Crippen molar-refractivity contribution in [2.75, 3.05) is 0 Å². The van der Waals surface area contributed by atoms with E-state index in [-0.39, 0.29) is 48.4 Å². The molecule has 2 atom stereocenters. The molecule has 0 saturated heterocycles. The molecule has 0 saturated carbocycles. The quantitative estimate of drug-likeness (QED) is 0.213. The van der Waals surface area contributed by atoms with Gasteiger partial charge < -0.3 is 19.5 Å². The summed E-state index contributed by atoms with van der Waals surface area (Å²) in [5.74, 6) is -1.80. The first-order chi connectivity index (χ1) is 20.3. The minimum absolute atomic E-state index is 0.0747. The first-order valence-electron chi connectivity index (χ1n) is 15.5. The number of carbonyl (C=O) groups excluding carboxylic acids is 2. The summed E-state index contributed by atoms with van der Waals surface area (Å²) in [5.41, 5.74) is 0.692. The number of benzene rings is 2. The lowest BCUT2D eigenvalue weighted by atomic mass is 9.93. The number of hydrogen-bond donors (Lipinski definition) is 2. The number of halogens is 1. The highest BCUT2D eigenvalue weighted by atomic mass is 19.1. The third kappa shape index (κ3) is 7.87. The number of hydrogen-bond acceptors (Lipinski definition) is 5. The van der Waals surface area contributed by atoms with E-state index in [0.717, 1.165) is 0 Å². The largest absolute Gasteiger partial charge is 0.460 e. The molecule has 6 nitrogen and oxygen atoms in total. The van der Waals surface area contributed by atoms with Gasteiger partial charge in [-0.2, -0.15) is 0 Å². The fourth-order valence-corrected chi connectivity index (χ4v) is 4.72. The van der Waals surface area contributed by atoms with E-state index in [9.17, 15) is 24.2 Å². The molecule has 0 bridgehead atoms. The highest BCUT2D eigenvalue weighted by Crippen LogP contribution is 2.42. The van der Waals surface area contributed by atoms with Crippen LogP contribution in [0.15, 0.2) is 54.5 Å². The number of esters is 1. The van der Waals surface area contributed by atoms with Crippen LogP contribution in [0.2, 0.25) is 0 Å². The van der Waals surface area contributed by atoms with Gasteiger partial charge in [-0.15, -0.1) is 0 Å². The number of nitrogens with zero attached hydrogens (tertiary/aromatic N) is 1. The van der Waals surface area contributed by atoms with Crippen molar-refractivity contribution in [3.63, 3.8) is 0 Å². The second-order valence-electron chi connectivity index (χ2n) is 11.0. The molecule has 39 heavy (non-hydrogen) atoms. The second-order valence-corrected chi connectivity index (χ2v) is 11.0. The second kappa shape index (κ2) is 12.7. The van der Waals surface area contributed by atoms with Gasteiger partial charge >= 0.3 is 5.97 Å². The van der Waals surface area contributed by atoms with Crippen LogP contribution in [-0.2, 0) is 16.1 Å². The Balaban J connectivity index is 2.20. The van der Waals surface area contributed by atoms with E-state index in [1.165, 1.54) is 31.2 Å². The zero-order valence-electron chi connectivity index (χ0n) is 28.3. The van der Waals surface area contributed by atoms with Crippen LogP contribution >= 0.6 is 0 Å². The zero-order valence-corrected chi connectivity index (χ0v) is 23.3. The van der Waals surface area contributed by atoms with E-state index in [1.807, 2.05) is 13.8 Å². The number of carbonyl (C=O) groups is 2. The van der Waals surface area contributed by atoms with E-state index in [2.05, 4.69) is 0 Å². The number of rotatable bonds is 11. The molecule has 0 fully saturated rings. The molecular formula is C32H40FNO5. The van der Waals surface area contributed by atoms with Gasteiger partial charge in [0.25, 0.3) is 0 Å². The number of ketones is 1. The van der Waals surface area contributed by atoms with Crippen LogP contribution in [0.25, 0.3) is 22.4 Å². The maximum Gasteiger partial charge on any atom is 0.308 e. The highest BCUT2D eigenvalue weighted by molar-refractivity contribution is 6.06. The summed E-state index contributed by atoms with van der Waals surface area (Å²) >= 11 is 0. The van der Waals surface area contributed by atoms with Crippen LogP contribution in [-0.4, -0.2) is 44.3 Å². The van der Waals surface area contributed by atoms with E-state index >= 15 is 0 Å². The standard InChI is InChI=1S/C32H40FNO5/c1-20(2)30-28(21(3)35)29(22-10-8-7-9-11-22)31(23-12-14-24(33)15-13-23)34(30)17-16-25(36)18-26(37)19-27(38)39-32(4,5)6/h7-15,20,25-26,36-37H,16-19H2,1-6H3/t25-,26-/m1/s1/i7D,8D,9D,10D,11D. The lowest BCUT2D eigenvalue weighted by Gasteiger charge is -2.22. The summed E-state index contributed by atoms with van der Waals surface area (Å²) in [4.78, 5) is 25.4. The average Bonchev–Trinajstić information content (AvgIpc) is 3.24. The predicted octanol–water partition coefficient (Wildman–Crippen LogP) is 6.52. The topological polar surface area (TPSA) is 88.8 Å². The van der Waals surface area contributed by atoms with Gasteiger partial charge in [-0.05, 0) is 81.8 Å². The van der Waals surface area contributed by atoms with E-state index in [0.29, 0.717) is 17.0 Å². The van der Waals surface area contributed by atoms with Gasteiger partial charge in [-0.25, -0.2) is 4.39 Å². The summed E-state index contributed by atoms with van der Waals surface area (Å²) in [6.45, 7) is 10.3. The number of Topliss-reactive ketones (excluding diaryl/α,β-unsaturated/α-hetero) is 1. The first-order valence-corrected chi connectivity index (χ1v) is 13.0. The van der Waals surface area contributed by atoms with Gasteiger partial charge in [0.1, 0.15) is 11.4 Å². The lowest BCUT2D eigenvalue weighted by molar-refractivity contribution is -0.157. The van der Waals surface area contributed by atoms with Gasteiger partial charge in [0.2, 0.25) is 0 Å². The third-order valence-electron chi connectivity index (χ3n) is 6.12. The smallest absolute Gasteiger partial charge is 0.308 e. The molecular weight excluding hydrogens is 497 g/mol. The molecule has 210 valence electrons. The maximum absolute atomic E-state index is 14.0. The Morgan fingerprint density at radius 1 is 1.03 bits per heavy atom. The molecule has 0 aliphatic carbocycles. The number of ether oxygens (including phenoxy) is 1. The van der Waals surface area contributed by atoms with Crippen LogP contribution < -0.4 is 0 Å². The Bertz CT molecular complexity index is 1520. The van der Waals surface area contributed by atoms with Crippen molar-refractivity contribution in [3.8, 4) is 22.4 Å². The van der Waals surface area contributed by atoms with Crippen molar-refractivity contribution >= 4 is 11.8 Å². The monoisotopic (exact) mass is 542 g/mol. The molecule has 0 unspecified atom stereocenters. The summed E-state index contributed by atoms with van der Waals surface area (Å²) in [6, 6.07) is 2.74. The van der Waals surface area contributed by atoms with Gasteiger partial charge in [-0.1, -0.05) is 44.1 Å². The molecule has 2 aromatic carbocycles. The molecule has 0 aliphatic heterocycles. The normalized spacial score (nSPS) is 15.2.